The second-order valence-corrected chi connectivity index (χ2v) is 8.74. The normalized spacial score (nSPS) is 15.9. The zero-order valence-corrected chi connectivity index (χ0v) is 18.6. The van der Waals surface area contributed by atoms with Crippen LogP contribution in [0.15, 0.2) is 30.3 Å². The van der Waals surface area contributed by atoms with Gasteiger partial charge in [0.25, 0.3) is 0 Å². The number of hydrogen-bond acceptors (Lipinski definition) is 3. The molecule has 1 saturated heterocycles. The molecule has 1 aliphatic rings. The molecule has 1 fully saturated rings. The maximum atomic E-state index is 13.5. The molecule has 1 aliphatic heterocycles. The van der Waals surface area contributed by atoms with Crippen molar-refractivity contribution in [2.75, 3.05) is 33.2 Å². The number of likely N-dealkylation sites (N-methyl/N-ethyl adjacent to an activating group) is 1. The van der Waals surface area contributed by atoms with Crippen LogP contribution in [0.4, 0.5) is 8.78 Å². The number of fused-ring (bicyclic) bond motifs is 1. The van der Waals surface area contributed by atoms with Crippen LogP contribution in [0, 0.1) is 13.8 Å². The lowest BCUT2D eigenvalue weighted by atomic mass is 9.88. The average molecular weight is 427 g/mol. The van der Waals surface area contributed by atoms with Gasteiger partial charge in [0.15, 0.2) is 0 Å². The highest BCUT2D eigenvalue weighted by Crippen LogP contribution is 2.36. The Morgan fingerprint density at radius 2 is 1.84 bits per heavy atom. The van der Waals surface area contributed by atoms with E-state index in [9.17, 15) is 8.78 Å². The summed E-state index contributed by atoms with van der Waals surface area (Å²) in [6, 6.07) is 10.3. The summed E-state index contributed by atoms with van der Waals surface area (Å²) >= 11 is 0. The van der Waals surface area contributed by atoms with Gasteiger partial charge < -0.3 is 15.2 Å². The van der Waals surface area contributed by atoms with Gasteiger partial charge >= 0.3 is 0 Å². The van der Waals surface area contributed by atoms with Crippen LogP contribution in [0.3, 0.4) is 0 Å². The van der Waals surface area contributed by atoms with E-state index in [2.05, 4.69) is 38.4 Å². The third-order valence-electron chi connectivity index (χ3n) is 6.40. The largest absolute Gasteiger partial charge is 0.354 e. The van der Waals surface area contributed by atoms with Gasteiger partial charge in [-0.2, -0.15) is 0 Å². The van der Waals surface area contributed by atoms with Gasteiger partial charge in [-0.3, -0.25) is 4.98 Å². The van der Waals surface area contributed by atoms with Crippen LogP contribution in [0.2, 0.25) is 0 Å². The number of aromatic amines is 1. The minimum atomic E-state index is -2.39. The van der Waals surface area contributed by atoms with Gasteiger partial charge in [0.2, 0.25) is 6.43 Å². The number of benzene rings is 1. The highest BCUT2D eigenvalue weighted by Gasteiger charge is 2.23. The van der Waals surface area contributed by atoms with Crippen molar-refractivity contribution < 1.29 is 8.78 Å². The first-order valence-electron chi connectivity index (χ1n) is 11.2. The molecule has 0 saturated carbocycles. The molecular formula is C25H32F2N4. The van der Waals surface area contributed by atoms with Crippen molar-refractivity contribution in [2.24, 2.45) is 0 Å². The molecule has 0 atom stereocenters. The van der Waals surface area contributed by atoms with Gasteiger partial charge in [-0.1, -0.05) is 6.07 Å². The SMILES string of the molecule is CNCCN1CCC(c2ccc3[nH]c(-c4cc(C)nc(C)c4)c(CC(F)F)c3c2)CC1. The molecule has 0 radical (unpaired) electrons. The van der Waals surface area contributed by atoms with E-state index in [-0.39, 0.29) is 6.42 Å². The number of nitrogens with zero attached hydrogens (tertiary/aromatic N) is 2. The summed E-state index contributed by atoms with van der Waals surface area (Å²) < 4.78 is 27.1. The fourth-order valence-corrected chi connectivity index (χ4v) is 4.87. The van der Waals surface area contributed by atoms with E-state index in [1.165, 1.54) is 5.56 Å². The summed E-state index contributed by atoms with van der Waals surface area (Å²) in [5.74, 6) is 0.485. The number of hydrogen-bond donors (Lipinski definition) is 2. The van der Waals surface area contributed by atoms with Crippen molar-refractivity contribution in [3.05, 3.63) is 52.8 Å². The second kappa shape index (κ2) is 9.45. The monoisotopic (exact) mass is 426 g/mol. The van der Waals surface area contributed by atoms with Crippen molar-refractivity contribution in [2.45, 2.75) is 45.5 Å². The van der Waals surface area contributed by atoms with Crippen molar-refractivity contribution in [1.82, 2.24) is 20.2 Å². The molecule has 0 aliphatic carbocycles. The molecular weight excluding hydrogens is 394 g/mol. The summed E-state index contributed by atoms with van der Waals surface area (Å²) in [4.78, 5) is 10.4. The smallest absolute Gasteiger partial charge is 0.242 e. The lowest BCUT2D eigenvalue weighted by Crippen LogP contribution is -2.37. The van der Waals surface area contributed by atoms with Crippen LogP contribution in [-0.4, -0.2) is 54.5 Å². The molecule has 4 nitrogen and oxygen atoms in total. The molecule has 2 N–H and O–H groups in total. The molecule has 3 aromatic rings. The summed E-state index contributed by atoms with van der Waals surface area (Å²) in [6.45, 7) is 8.13. The molecule has 166 valence electrons. The minimum absolute atomic E-state index is 0.248. The number of alkyl halides is 2. The Morgan fingerprint density at radius 1 is 1.13 bits per heavy atom. The predicted octanol–water partition coefficient (Wildman–Crippen LogP) is 5.05. The Balaban J connectivity index is 1.67. The Morgan fingerprint density at radius 3 is 2.48 bits per heavy atom. The molecule has 0 amide bonds. The number of rotatable bonds is 7. The van der Waals surface area contributed by atoms with Crippen molar-refractivity contribution in [1.29, 1.82) is 0 Å². The third-order valence-corrected chi connectivity index (χ3v) is 6.40. The summed E-state index contributed by atoms with van der Waals surface area (Å²) in [7, 11) is 1.98. The van der Waals surface area contributed by atoms with E-state index in [0.29, 0.717) is 11.5 Å². The van der Waals surface area contributed by atoms with E-state index in [4.69, 9.17) is 0 Å². The van der Waals surface area contributed by atoms with Gasteiger partial charge in [0.05, 0.1) is 5.69 Å². The molecule has 3 heterocycles. The number of likely N-dealkylation sites (tertiary alicyclic amines) is 1. The molecule has 0 bridgehead atoms. The number of aryl methyl sites for hydroxylation is 2. The van der Waals surface area contributed by atoms with Crippen LogP contribution >= 0.6 is 0 Å². The number of halogens is 2. The first-order valence-corrected chi connectivity index (χ1v) is 11.2. The lowest BCUT2D eigenvalue weighted by Gasteiger charge is -2.32. The Hall–Kier alpha value is -2.31. The maximum absolute atomic E-state index is 13.5. The summed E-state index contributed by atoms with van der Waals surface area (Å²) in [5.41, 5.74) is 6.41. The number of aromatic nitrogens is 2. The summed E-state index contributed by atoms with van der Waals surface area (Å²) in [6.07, 6.45) is -0.415. The average Bonchev–Trinajstić information content (AvgIpc) is 3.09. The predicted molar refractivity (Wildman–Crippen MR) is 123 cm³/mol. The first-order chi connectivity index (χ1) is 14.9. The van der Waals surface area contributed by atoms with Gasteiger partial charge in [0.1, 0.15) is 0 Å². The maximum Gasteiger partial charge on any atom is 0.242 e. The van der Waals surface area contributed by atoms with Crippen molar-refractivity contribution in [3.63, 3.8) is 0 Å². The molecule has 31 heavy (non-hydrogen) atoms. The quantitative estimate of drug-likeness (QED) is 0.555. The molecule has 6 heteroatoms. The number of H-pyrrole nitrogens is 1. The zero-order chi connectivity index (χ0) is 22.0. The second-order valence-electron chi connectivity index (χ2n) is 8.74. The fraction of sp³-hybridized carbons (Fsp3) is 0.480. The molecule has 2 aromatic heterocycles. The van der Waals surface area contributed by atoms with E-state index in [1.807, 2.05) is 33.0 Å². The molecule has 0 spiro atoms. The van der Waals surface area contributed by atoms with Crippen LogP contribution in [0.5, 0.6) is 0 Å². The number of piperidine rings is 1. The van der Waals surface area contributed by atoms with E-state index in [0.717, 1.165) is 72.6 Å². The Kier molecular flexibility index (Phi) is 6.68. The Bertz CT molecular complexity index is 1020. The standard InChI is InChI=1S/C25H32F2N4/c1-16-12-20(13-17(2)29-16)25-22(15-24(26)27)21-14-19(4-5-23(21)30-25)18-6-9-31(10-7-18)11-8-28-3/h4-5,12-14,18,24,28,30H,6-11,15H2,1-3H3. The van der Waals surface area contributed by atoms with Crippen LogP contribution in [0.1, 0.15) is 41.3 Å². The van der Waals surface area contributed by atoms with Gasteiger partial charge in [-0.15, -0.1) is 0 Å². The topological polar surface area (TPSA) is 44.0 Å². The van der Waals surface area contributed by atoms with Crippen LogP contribution < -0.4 is 5.32 Å². The first kappa shape index (κ1) is 21.9. The zero-order valence-electron chi connectivity index (χ0n) is 18.6. The van der Waals surface area contributed by atoms with Gasteiger partial charge in [-0.05, 0) is 88.1 Å². The van der Waals surface area contributed by atoms with E-state index >= 15 is 0 Å². The highest BCUT2D eigenvalue weighted by atomic mass is 19.3. The minimum Gasteiger partial charge on any atom is -0.354 e. The van der Waals surface area contributed by atoms with E-state index < -0.39 is 6.43 Å². The molecule has 1 aromatic carbocycles. The van der Waals surface area contributed by atoms with Gasteiger partial charge in [-0.25, -0.2) is 8.78 Å². The van der Waals surface area contributed by atoms with Crippen molar-refractivity contribution in [3.8, 4) is 11.3 Å². The number of pyridine rings is 1. The van der Waals surface area contributed by atoms with Crippen LogP contribution in [-0.2, 0) is 6.42 Å². The number of nitrogens with one attached hydrogen (secondary N) is 2. The van der Waals surface area contributed by atoms with Gasteiger partial charge in [0, 0.05) is 47.4 Å². The Labute approximate surface area is 183 Å². The van der Waals surface area contributed by atoms with Crippen LogP contribution in [0.25, 0.3) is 22.2 Å². The van der Waals surface area contributed by atoms with Crippen molar-refractivity contribution >= 4 is 10.9 Å². The highest BCUT2D eigenvalue weighted by molar-refractivity contribution is 5.91. The molecule has 0 unspecified atom stereocenters. The fourth-order valence-electron chi connectivity index (χ4n) is 4.87. The molecule has 4 rings (SSSR count). The summed E-state index contributed by atoms with van der Waals surface area (Å²) in [5, 5.41) is 4.14. The third kappa shape index (κ3) is 4.96. The van der Waals surface area contributed by atoms with E-state index in [1.54, 1.807) is 0 Å². The lowest BCUT2D eigenvalue weighted by molar-refractivity contribution is 0.149.